The molecule has 0 saturated carbocycles. The Kier molecular flexibility index (Phi) is 4.49. The van der Waals surface area contributed by atoms with Crippen molar-refractivity contribution < 1.29 is 12.8 Å². The monoisotopic (exact) mass is 327 g/mol. The molecule has 2 fully saturated rings. The van der Waals surface area contributed by atoms with E-state index in [2.05, 4.69) is 10.2 Å². The molecule has 1 unspecified atom stereocenters. The van der Waals surface area contributed by atoms with Crippen molar-refractivity contribution in [2.24, 2.45) is 0 Å². The van der Waals surface area contributed by atoms with Gasteiger partial charge < -0.3 is 5.32 Å². The van der Waals surface area contributed by atoms with Crippen LogP contribution in [0.1, 0.15) is 12.0 Å². The molecule has 2 heterocycles. The van der Waals surface area contributed by atoms with Gasteiger partial charge in [-0.2, -0.15) is 4.31 Å². The fourth-order valence-electron chi connectivity index (χ4n) is 3.23. The summed E-state index contributed by atoms with van der Waals surface area (Å²) < 4.78 is 40.8. The second-order valence-corrected chi connectivity index (χ2v) is 7.93. The quantitative estimate of drug-likeness (QED) is 0.892. The molecule has 22 heavy (non-hydrogen) atoms. The fourth-order valence-corrected chi connectivity index (χ4v) is 4.77. The van der Waals surface area contributed by atoms with Gasteiger partial charge in [-0.25, -0.2) is 12.8 Å². The molecule has 0 radical (unpaired) electrons. The van der Waals surface area contributed by atoms with Crippen molar-refractivity contribution in [1.82, 2.24) is 14.5 Å². The molecular weight excluding hydrogens is 305 g/mol. The summed E-state index contributed by atoms with van der Waals surface area (Å²) >= 11 is 0. The maximum absolute atomic E-state index is 14.0. The zero-order valence-electron chi connectivity index (χ0n) is 12.8. The zero-order chi connectivity index (χ0) is 15.7. The van der Waals surface area contributed by atoms with Gasteiger partial charge in [-0.05, 0) is 31.0 Å². The summed E-state index contributed by atoms with van der Waals surface area (Å²) in [5.74, 6) is -0.661. The highest BCUT2D eigenvalue weighted by Gasteiger charge is 2.36. The van der Waals surface area contributed by atoms with Crippen molar-refractivity contribution >= 4 is 10.0 Å². The highest BCUT2D eigenvalue weighted by molar-refractivity contribution is 7.89. The Labute approximate surface area is 131 Å². The average molecular weight is 327 g/mol. The van der Waals surface area contributed by atoms with Crippen LogP contribution in [0.15, 0.2) is 23.1 Å². The van der Waals surface area contributed by atoms with E-state index in [1.165, 1.54) is 16.4 Å². The van der Waals surface area contributed by atoms with Crippen LogP contribution in [0, 0.1) is 12.7 Å². The molecule has 1 aromatic carbocycles. The molecule has 122 valence electrons. The largest absolute Gasteiger partial charge is 0.314 e. The Morgan fingerprint density at radius 1 is 1.23 bits per heavy atom. The fraction of sp³-hybridized carbons (Fsp3) is 0.600. The van der Waals surface area contributed by atoms with Crippen molar-refractivity contribution in [3.05, 3.63) is 29.6 Å². The standard InChI is InChI=1S/C15H22FN3O2S/c1-12-2-3-15(14(16)10-12)22(20,21)19-7-4-13(11-19)18-8-5-17-6-9-18/h2-3,10,13,17H,4-9,11H2,1H3. The van der Waals surface area contributed by atoms with Crippen LogP contribution in [-0.4, -0.2) is 62.9 Å². The van der Waals surface area contributed by atoms with E-state index in [1.54, 1.807) is 13.0 Å². The number of aryl methyl sites for hydroxylation is 1. The van der Waals surface area contributed by atoms with Crippen molar-refractivity contribution in [2.75, 3.05) is 39.3 Å². The molecule has 0 aromatic heterocycles. The Morgan fingerprint density at radius 3 is 2.64 bits per heavy atom. The van der Waals surface area contributed by atoms with E-state index in [-0.39, 0.29) is 10.9 Å². The van der Waals surface area contributed by atoms with E-state index in [4.69, 9.17) is 0 Å². The summed E-state index contributed by atoms with van der Waals surface area (Å²) in [4.78, 5) is 2.12. The summed E-state index contributed by atoms with van der Waals surface area (Å²) in [5.41, 5.74) is 0.719. The summed E-state index contributed by atoms with van der Waals surface area (Å²) in [6.07, 6.45) is 0.812. The van der Waals surface area contributed by atoms with Crippen LogP contribution in [0.4, 0.5) is 4.39 Å². The second-order valence-electron chi connectivity index (χ2n) is 6.03. The van der Waals surface area contributed by atoms with Gasteiger partial charge in [0.2, 0.25) is 10.0 Å². The predicted octanol–water partition coefficient (Wildman–Crippen LogP) is 0.802. The van der Waals surface area contributed by atoms with Crippen molar-refractivity contribution in [3.63, 3.8) is 0 Å². The van der Waals surface area contributed by atoms with Crippen molar-refractivity contribution in [1.29, 1.82) is 0 Å². The third-order valence-corrected chi connectivity index (χ3v) is 6.40. The molecule has 7 heteroatoms. The van der Waals surface area contributed by atoms with Crippen LogP contribution in [0.2, 0.25) is 0 Å². The number of halogens is 1. The first-order valence-electron chi connectivity index (χ1n) is 7.69. The van der Waals surface area contributed by atoms with Crippen LogP contribution in [0.3, 0.4) is 0 Å². The maximum atomic E-state index is 14.0. The van der Waals surface area contributed by atoms with E-state index in [0.717, 1.165) is 38.2 Å². The molecule has 3 rings (SSSR count). The van der Waals surface area contributed by atoms with Gasteiger partial charge in [0.1, 0.15) is 10.7 Å². The van der Waals surface area contributed by atoms with E-state index in [9.17, 15) is 12.8 Å². The highest BCUT2D eigenvalue weighted by Crippen LogP contribution is 2.26. The van der Waals surface area contributed by atoms with Gasteiger partial charge in [0.05, 0.1) is 0 Å². The highest BCUT2D eigenvalue weighted by atomic mass is 32.2. The van der Waals surface area contributed by atoms with Gasteiger partial charge in [-0.3, -0.25) is 4.90 Å². The predicted molar refractivity (Wildman–Crippen MR) is 82.7 cm³/mol. The average Bonchev–Trinajstić information content (AvgIpc) is 2.98. The molecule has 1 aromatic rings. The van der Waals surface area contributed by atoms with Crippen LogP contribution < -0.4 is 5.32 Å². The number of hydrogen-bond acceptors (Lipinski definition) is 4. The Balaban J connectivity index is 1.76. The minimum absolute atomic E-state index is 0.209. The van der Waals surface area contributed by atoms with E-state index in [1.807, 2.05) is 0 Å². The molecule has 2 aliphatic rings. The first-order valence-corrected chi connectivity index (χ1v) is 9.13. The third kappa shape index (κ3) is 3.03. The SMILES string of the molecule is Cc1ccc(S(=O)(=O)N2CCC(N3CCNCC3)C2)c(F)c1. The maximum Gasteiger partial charge on any atom is 0.246 e. The minimum Gasteiger partial charge on any atom is -0.314 e. The van der Waals surface area contributed by atoms with Gasteiger partial charge in [0, 0.05) is 45.3 Å². The smallest absolute Gasteiger partial charge is 0.246 e. The minimum atomic E-state index is -3.74. The molecule has 2 saturated heterocycles. The molecular formula is C15H22FN3O2S. The molecule has 0 amide bonds. The number of piperazine rings is 1. The molecule has 0 aliphatic carbocycles. The van der Waals surface area contributed by atoms with Crippen molar-refractivity contribution in [2.45, 2.75) is 24.3 Å². The number of sulfonamides is 1. The van der Waals surface area contributed by atoms with Gasteiger partial charge >= 0.3 is 0 Å². The van der Waals surface area contributed by atoms with Crippen LogP contribution in [-0.2, 0) is 10.0 Å². The Hall–Kier alpha value is -1.02. The first-order chi connectivity index (χ1) is 10.5. The molecule has 0 bridgehead atoms. The summed E-state index contributed by atoms with van der Waals surface area (Å²) in [7, 11) is -3.74. The molecule has 0 spiro atoms. The Bertz CT molecular complexity index is 644. The van der Waals surface area contributed by atoms with E-state index in [0.29, 0.717) is 13.1 Å². The normalized spacial score (nSPS) is 24.7. The van der Waals surface area contributed by atoms with E-state index >= 15 is 0 Å². The lowest BCUT2D eigenvalue weighted by molar-refractivity contribution is 0.179. The van der Waals surface area contributed by atoms with Gasteiger partial charge in [0.15, 0.2) is 0 Å². The number of nitrogens with zero attached hydrogens (tertiary/aromatic N) is 2. The number of rotatable bonds is 3. The zero-order valence-corrected chi connectivity index (χ0v) is 13.6. The number of hydrogen-bond donors (Lipinski definition) is 1. The topological polar surface area (TPSA) is 52.7 Å². The number of benzene rings is 1. The third-order valence-electron chi connectivity index (χ3n) is 4.50. The van der Waals surface area contributed by atoms with Crippen LogP contribution >= 0.6 is 0 Å². The first kappa shape index (κ1) is 15.9. The van der Waals surface area contributed by atoms with Gasteiger partial charge in [-0.1, -0.05) is 6.07 Å². The molecule has 1 atom stereocenters. The molecule has 2 aliphatic heterocycles. The van der Waals surface area contributed by atoms with Crippen LogP contribution in [0.25, 0.3) is 0 Å². The van der Waals surface area contributed by atoms with E-state index < -0.39 is 15.8 Å². The molecule has 1 N–H and O–H groups in total. The lowest BCUT2D eigenvalue weighted by Crippen LogP contribution is -2.49. The summed E-state index contributed by atoms with van der Waals surface area (Å²) in [5, 5.41) is 3.30. The van der Waals surface area contributed by atoms with Crippen molar-refractivity contribution in [3.8, 4) is 0 Å². The lowest BCUT2D eigenvalue weighted by Gasteiger charge is -2.32. The summed E-state index contributed by atoms with van der Waals surface area (Å²) in [6, 6.07) is 4.53. The summed E-state index contributed by atoms with van der Waals surface area (Å²) in [6.45, 7) is 6.43. The second kappa shape index (κ2) is 6.23. The lowest BCUT2D eigenvalue weighted by atomic mass is 10.2. The molecule has 5 nitrogen and oxygen atoms in total. The van der Waals surface area contributed by atoms with Gasteiger partial charge in [0.25, 0.3) is 0 Å². The van der Waals surface area contributed by atoms with Gasteiger partial charge in [-0.15, -0.1) is 0 Å². The Morgan fingerprint density at radius 2 is 1.95 bits per heavy atom. The van der Waals surface area contributed by atoms with Crippen LogP contribution in [0.5, 0.6) is 0 Å². The number of nitrogens with one attached hydrogen (secondary N) is 1.